The third-order valence-electron chi connectivity index (χ3n) is 4.51. The SMILES string of the molecule is CCOc1ccc(NC(=O)c2nn(CC3CCCC3)cc(O)c2=O)cc1. The van der Waals surface area contributed by atoms with E-state index in [1.807, 2.05) is 6.92 Å². The molecule has 1 saturated carbocycles. The van der Waals surface area contributed by atoms with Crippen LogP contribution in [0, 0.1) is 5.92 Å². The predicted molar refractivity (Wildman–Crippen MR) is 97.7 cm³/mol. The van der Waals surface area contributed by atoms with E-state index >= 15 is 0 Å². The maximum absolute atomic E-state index is 12.5. The van der Waals surface area contributed by atoms with Crippen molar-refractivity contribution in [3.63, 3.8) is 0 Å². The maximum atomic E-state index is 12.5. The minimum Gasteiger partial charge on any atom is -0.503 e. The van der Waals surface area contributed by atoms with Gasteiger partial charge in [-0.25, -0.2) is 0 Å². The predicted octanol–water partition coefficient (Wildman–Crippen LogP) is 2.79. The number of carbonyl (C=O) groups excluding carboxylic acids is 1. The summed E-state index contributed by atoms with van der Waals surface area (Å²) in [6.45, 7) is 3.04. The summed E-state index contributed by atoms with van der Waals surface area (Å²) in [6.07, 6.45) is 5.86. The zero-order chi connectivity index (χ0) is 18.5. The van der Waals surface area contributed by atoms with Crippen LogP contribution < -0.4 is 15.5 Å². The molecule has 0 radical (unpaired) electrons. The van der Waals surface area contributed by atoms with Crippen molar-refractivity contribution in [1.29, 1.82) is 0 Å². The van der Waals surface area contributed by atoms with Crippen molar-refractivity contribution >= 4 is 11.6 Å². The molecule has 1 heterocycles. The van der Waals surface area contributed by atoms with Crippen LogP contribution in [0.5, 0.6) is 11.5 Å². The summed E-state index contributed by atoms with van der Waals surface area (Å²) in [6, 6.07) is 6.83. The van der Waals surface area contributed by atoms with Gasteiger partial charge in [0.25, 0.3) is 11.3 Å². The molecule has 1 aliphatic carbocycles. The largest absolute Gasteiger partial charge is 0.503 e. The van der Waals surface area contributed by atoms with E-state index in [1.54, 1.807) is 24.3 Å². The normalized spacial score (nSPS) is 14.3. The molecule has 3 rings (SSSR count). The second-order valence-electron chi connectivity index (χ2n) is 6.48. The smallest absolute Gasteiger partial charge is 0.280 e. The molecule has 26 heavy (non-hydrogen) atoms. The molecule has 1 aromatic carbocycles. The highest BCUT2D eigenvalue weighted by Gasteiger charge is 2.20. The standard InChI is InChI=1S/C19H23N3O4/c1-2-26-15-9-7-14(8-10-15)20-19(25)17-18(24)16(23)12-22(21-17)11-13-5-3-4-6-13/h7-10,12-13,23H,2-6,11H2,1H3,(H,20,25). The molecule has 1 amide bonds. The van der Waals surface area contributed by atoms with E-state index in [4.69, 9.17) is 4.74 Å². The number of nitrogens with one attached hydrogen (secondary N) is 1. The van der Waals surface area contributed by atoms with Gasteiger partial charge in [-0.3, -0.25) is 14.3 Å². The van der Waals surface area contributed by atoms with E-state index in [0.29, 0.717) is 30.5 Å². The van der Waals surface area contributed by atoms with Crippen LogP contribution in [0.15, 0.2) is 35.3 Å². The molecule has 2 aromatic rings. The van der Waals surface area contributed by atoms with Crippen LogP contribution in [-0.4, -0.2) is 27.4 Å². The number of benzene rings is 1. The number of carbonyl (C=O) groups is 1. The van der Waals surface area contributed by atoms with Crippen LogP contribution in [0.25, 0.3) is 0 Å². The summed E-state index contributed by atoms with van der Waals surface area (Å²) in [5, 5.41) is 16.7. The fourth-order valence-electron chi connectivity index (χ4n) is 3.21. The topological polar surface area (TPSA) is 93.4 Å². The van der Waals surface area contributed by atoms with Gasteiger partial charge in [0.2, 0.25) is 0 Å². The van der Waals surface area contributed by atoms with Gasteiger partial charge >= 0.3 is 0 Å². The number of aromatic hydroxyl groups is 1. The summed E-state index contributed by atoms with van der Waals surface area (Å²) in [7, 11) is 0. The third kappa shape index (κ3) is 4.22. The Kier molecular flexibility index (Phi) is 5.55. The highest BCUT2D eigenvalue weighted by Crippen LogP contribution is 2.26. The molecular weight excluding hydrogens is 334 g/mol. The average molecular weight is 357 g/mol. The lowest BCUT2D eigenvalue weighted by Gasteiger charge is -2.13. The van der Waals surface area contributed by atoms with Gasteiger partial charge in [-0.1, -0.05) is 12.8 Å². The highest BCUT2D eigenvalue weighted by molar-refractivity contribution is 6.02. The van der Waals surface area contributed by atoms with Gasteiger partial charge in [-0.15, -0.1) is 0 Å². The Morgan fingerprint density at radius 3 is 2.65 bits per heavy atom. The Morgan fingerprint density at radius 1 is 1.31 bits per heavy atom. The number of hydrogen-bond acceptors (Lipinski definition) is 5. The number of anilines is 1. The number of amides is 1. The van der Waals surface area contributed by atoms with Crippen molar-refractivity contribution in [3.05, 3.63) is 46.4 Å². The van der Waals surface area contributed by atoms with Gasteiger partial charge in [0, 0.05) is 12.2 Å². The van der Waals surface area contributed by atoms with Gasteiger partial charge in [-0.05, 0) is 49.9 Å². The minimum absolute atomic E-state index is 0.308. The van der Waals surface area contributed by atoms with E-state index < -0.39 is 17.1 Å². The summed E-state index contributed by atoms with van der Waals surface area (Å²) in [4.78, 5) is 24.6. The quantitative estimate of drug-likeness (QED) is 0.829. The van der Waals surface area contributed by atoms with Crippen molar-refractivity contribution in [3.8, 4) is 11.5 Å². The lowest BCUT2D eigenvalue weighted by molar-refractivity contribution is 0.101. The first-order valence-electron chi connectivity index (χ1n) is 8.91. The van der Waals surface area contributed by atoms with Crippen molar-refractivity contribution in [2.45, 2.75) is 39.2 Å². The molecule has 138 valence electrons. The van der Waals surface area contributed by atoms with Gasteiger partial charge < -0.3 is 15.2 Å². The fourth-order valence-corrected chi connectivity index (χ4v) is 3.21. The van der Waals surface area contributed by atoms with E-state index in [2.05, 4.69) is 10.4 Å². The molecule has 7 heteroatoms. The average Bonchev–Trinajstić information content (AvgIpc) is 3.13. The number of aromatic nitrogens is 2. The molecule has 1 aromatic heterocycles. The van der Waals surface area contributed by atoms with Gasteiger partial charge in [-0.2, -0.15) is 5.10 Å². The Balaban J connectivity index is 1.76. The minimum atomic E-state index is -0.767. The first kappa shape index (κ1) is 18.0. The molecule has 0 atom stereocenters. The van der Waals surface area contributed by atoms with Crippen LogP contribution in [0.1, 0.15) is 43.1 Å². The van der Waals surface area contributed by atoms with Crippen molar-refractivity contribution in [1.82, 2.24) is 9.78 Å². The molecule has 0 spiro atoms. The van der Waals surface area contributed by atoms with Crippen LogP contribution in [0.3, 0.4) is 0 Å². The molecule has 0 unspecified atom stereocenters. The number of ether oxygens (including phenoxy) is 1. The third-order valence-corrected chi connectivity index (χ3v) is 4.51. The van der Waals surface area contributed by atoms with Crippen molar-refractivity contribution in [2.24, 2.45) is 5.92 Å². The maximum Gasteiger partial charge on any atom is 0.280 e. The zero-order valence-corrected chi connectivity index (χ0v) is 14.8. The number of hydrogen-bond donors (Lipinski definition) is 2. The second kappa shape index (κ2) is 8.03. The molecule has 7 nitrogen and oxygen atoms in total. The van der Waals surface area contributed by atoms with Crippen molar-refractivity contribution < 1.29 is 14.6 Å². The van der Waals surface area contributed by atoms with Gasteiger partial charge in [0.05, 0.1) is 12.8 Å². The van der Waals surface area contributed by atoms with E-state index in [1.165, 1.54) is 23.7 Å². The molecule has 0 bridgehead atoms. The monoisotopic (exact) mass is 357 g/mol. The fraction of sp³-hybridized carbons (Fsp3) is 0.421. The molecule has 1 fully saturated rings. The van der Waals surface area contributed by atoms with Crippen LogP contribution in [-0.2, 0) is 6.54 Å². The molecule has 1 aliphatic rings. The Morgan fingerprint density at radius 2 is 2.00 bits per heavy atom. The highest BCUT2D eigenvalue weighted by atomic mass is 16.5. The lowest BCUT2D eigenvalue weighted by atomic mass is 10.1. The first-order chi connectivity index (χ1) is 12.6. The summed E-state index contributed by atoms with van der Waals surface area (Å²) < 4.78 is 6.85. The van der Waals surface area contributed by atoms with Crippen LogP contribution in [0.4, 0.5) is 5.69 Å². The molecule has 2 N–H and O–H groups in total. The Labute approximate surface area is 151 Å². The Hall–Kier alpha value is -2.83. The van der Waals surface area contributed by atoms with Crippen LogP contribution >= 0.6 is 0 Å². The van der Waals surface area contributed by atoms with Crippen LogP contribution in [0.2, 0.25) is 0 Å². The number of nitrogens with zero attached hydrogens (tertiary/aromatic N) is 2. The van der Waals surface area contributed by atoms with Gasteiger partial charge in [0.1, 0.15) is 5.75 Å². The summed E-state index contributed by atoms with van der Waals surface area (Å²) >= 11 is 0. The summed E-state index contributed by atoms with van der Waals surface area (Å²) in [5.41, 5.74) is -0.557. The van der Waals surface area contributed by atoms with Crippen molar-refractivity contribution in [2.75, 3.05) is 11.9 Å². The van der Waals surface area contributed by atoms with E-state index in [0.717, 1.165) is 12.8 Å². The number of rotatable bonds is 6. The summed E-state index contributed by atoms with van der Waals surface area (Å²) in [5.74, 6) is 0.0522. The second-order valence-corrected chi connectivity index (χ2v) is 6.48. The lowest BCUT2D eigenvalue weighted by Crippen LogP contribution is -2.27. The van der Waals surface area contributed by atoms with Gasteiger partial charge in [0.15, 0.2) is 11.4 Å². The molecule has 0 aliphatic heterocycles. The zero-order valence-electron chi connectivity index (χ0n) is 14.8. The van der Waals surface area contributed by atoms with E-state index in [-0.39, 0.29) is 5.69 Å². The molecule has 0 saturated heterocycles. The Bertz CT molecular complexity index is 824. The first-order valence-corrected chi connectivity index (χ1v) is 8.91. The molecular formula is C19H23N3O4. The van der Waals surface area contributed by atoms with E-state index in [9.17, 15) is 14.7 Å².